The molecule has 2 heterocycles. The number of aromatic nitrogens is 2. The van der Waals surface area contributed by atoms with Crippen molar-refractivity contribution in [3.8, 4) is 0 Å². The largest absolute Gasteiger partial charge is 0.368 e. The lowest BCUT2D eigenvalue weighted by Crippen LogP contribution is -2.34. The molecule has 23 heavy (non-hydrogen) atoms. The topological polar surface area (TPSA) is 110 Å². The minimum atomic E-state index is -0.529. The van der Waals surface area contributed by atoms with Crippen LogP contribution >= 0.6 is 27.3 Å². The van der Waals surface area contributed by atoms with Crippen molar-refractivity contribution in [1.29, 1.82) is 0 Å². The first-order valence-corrected chi connectivity index (χ1v) is 8.07. The molecule has 0 bridgehead atoms. The van der Waals surface area contributed by atoms with Crippen LogP contribution in [0.3, 0.4) is 0 Å². The number of nitrogens with zero attached hydrogens (tertiary/aromatic N) is 3. The van der Waals surface area contributed by atoms with Gasteiger partial charge in [0.2, 0.25) is 11.8 Å². The van der Waals surface area contributed by atoms with Crippen molar-refractivity contribution in [2.45, 2.75) is 6.54 Å². The molecule has 0 aliphatic heterocycles. The van der Waals surface area contributed by atoms with Crippen LogP contribution in [-0.4, -0.2) is 46.0 Å². The number of nitrogens with two attached hydrogens (primary N) is 1. The Morgan fingerprint density at radius 1 is 1.43 bits per heavy atom. The summed E-state index contributed by atoms with van der Waals surface area (Å²) in [5, 5.41) is 6.49. The third kappa shape index (κ3) is 4.89. The van der Waals surface area contributed by atoms with Crippen LogP contribution in [0.1, 0.15) is 9.67 Å². The Balaban J connectivity index is 1.90. The minimum absolute atomic E-state index is 0.0679. The summed E-state index contributed by atoms with van der Waals surface area (Å²) in [6.45, 7) is -0.170. The van der Waals surface area contributed by atoms with Gasteiger partial charge >= 0.3 is 0 Å². The molecule has 0 radical (unpaired) electrons. The Labute approximate surface area is 144 Å². The lowest BCUT2D eigenvalue weighted by atomic mass is 10.4. The van der Waals surface area contributed by atoms with Gasteiger partial charge in [0.1, 0.15) is 6.54 Å². The second-order valence-electron chi connectivity index (χ2n) is 4.71. The van der Waals surface area contributed by atoms with Gasteiger partial charge in [-0.05, 0) is 28.1 Å². The summed E-state index contributed by atoms with van der Waals surface area (Å²) in [6.07, 6.45) is 2.89. The number of amides is 3. The molecule has 0 saturated carbocycles. The molecular weight excluding hydrogens is 386 g/mol. The highest BCUT2D eigenvalue weighted by Gasteiger charge is 2.17. The number of thiophene rings is 1. The zero-order valence-electron chi connectivity index (χ0n) is 12.2. The fraction of sp³-hybridized carbons (Fsp3) is 0.231. The molecule has 122 valence electrons. The van der Waals surface area contributed by atoms with Gasteiger partial charge < -0.3 is 16.0 Å². The van der Waals surface area contributed by atoms with E-state index in [1.807, 2.05) is 0 Å². The predicted molar refractivity (Wildman–Crippen MR) is 89.0 cm³/mol. The van der Waals surface area contributed by atoms with Crippen LogP contribution in [-0.2, 0) is 16.1 Å². The van der Waals surface area contributed by atoms with Crippen LogP contribution in [0.2, 0.25) is 0 Å². The number of hydrogen-bond acceptors (Lipinski definition) is 5. The van der Waals surface area contributed by atoms with Crippen molar-refractivity contribution >= 4 is 50.7 Å². The Kier molecular flexibility index (Phi) is 5.50. The van der Waals surface area contributed by atoms with Crippen LogP contribution < -0.4 is 11.1 Å². The highest BCUT2D eigenvalue weighted by atomic mass is 79.9. The SMILES string of the molecule is CN(CC(=O)Nc1cnn(CC(N)=O)c1)C(=O)c1ccc(Br)s1. The maximum Gasteiger partial charge on any atom is 0.264 e. The summed E-state index contributed by atoms with van der Waals surface area (Å²) in [5.74, 6) is -1.13. The zero-order chi connectivity index (χ0) is 17.0. The van der Waals surface area contributed by atoms with Crippen LogP contribution in [0.5, 0.6) is 0 Å². The van der Waals surface area contributed by atoms with E-state index in [4.69, 9.17) is 5.73 Å². The Morgan fingerprint density at radius 2 is 2.17 bits per heavy atom. The number of anilines is 1. The molecule has 0 aliphatic carbocycles. The molecule has 0 spiro atoms. The van der Waals surface area contributed by atoms with Gasteiger partial charge in [-0.2, -0.15) is 5.10 Å². The maximum absolute atomic E-state index is 12.1. The summed E-state index contributed by atoms with van der Waals surface area (Å²) >= 11 is 4.59. The minimum Gasteiger partial charge on any atom is -0.368 e. The second kappa shape index (κ2) is 7.38. The summed E-state index contributed by atoms with van der Waals surface area (Å²) in [7, 11) is 1.55. The van der Waals surface area contributed by atoms with Gasteiger partial charge in [-0.3, -0.25) is 19.1 Å². The number of carbonyl (C=O) groups excluding carboxylic acids is 3. The van der Waals surface area contributed by atoms with Crippen molar-refractivity contribution in [2.75, 3.05) is 18.9 Å². The summed E-state index contributed by atoms with van der Waals surface area (Å²) in [6, 6.07) is 3.47. The summed E-state index contributed by atoms with van der Waals surface area (Å²) in [4.78, 5) is 36.7. The molecule has 3 N–H and O–H groups in total. The standard InChI is InChI=1S/C13H14BrN5O3S/c1-18(13(22)9-2-3-10(14)23-9)7-12(21)17-8-4-16-19(5-8)6-11(15)20/h2-5H,6-7H2,1H3,(H2,15,20)(H,17,21). The zero-order valence-corrected chi connectivity index (χ0v) is 14.6. The van der Waals surface area contributed by atoms with Crippen molar-refractivity contribution in [3.63, 3.8) is 0 Å². The Morgan fingerprint density at radius 3 is 2.78 bits per heavy atom. The van der Waals surface area contributed by atoms with E-state index in [9.17, 15) is 14.4 Å². The van der Waals surface area contributed by atoms with E-state index in [0.29, 0.717) is 10.6 Å². The van der Waals surface area contributed by atoms with E-state index in [0.717, 1.165) is 3.79 Å². The fourth-order valence-corrected chi connectivity index (χ4v) is 3.16. The molecule has 0 aliphatic rings. The fourth-order valence-electron chi connectivity index (χ4n) is 1.78. The lowest BCUT2D eigenvalue weighted by molar-refractivity contribution is -0.119. The first-order chi connectivity index (χ1) is 10.8. The molecule has 2 rings (SSSR count). The van der Waals surface area contributed by atoms with E-state index in [1.165, 1.54) is 33.3 Å². The first kappa shape index (κ1) is 17.2. The molecule has 2 aromatic heterocycles. The molecule has 0 unspecified atom stereocenters. The molecule has 3 amide bonds. The van der Waals surface area contributed by atoms with E-state index in [1.54, 1.807) is 19.2 Å². The van der Waals surface area contributed by atoms with Gasteiger partial charge in [0.05, 0.1) is 27.1 Å². The molecule has 0 atom stereocenters. The highest BCUT2D eigenvalue weighted by molar-refractivity contribution is 9.11. The van der Waals surface area contributed by atoms with Gasteiger partial charge in [-0.1, -0.05) is 0 Å². The average Bonchev–Trinajstić information content (AvgIpc) is 3.06. The van der Waals surface area contributed by atoms with Crippen LogP contribution in [0.25, 0.3) is 0 Å². The predicted octanol–water partition coefficient (Wildman–Crippen LogP) is 0.903. The molecule has 8 nitrogen and oxygen atoms in total. The van der Waals surface area contributed by atoms with Gasteiger partial charge in [0, 0.05) is 13.2 Å². The number of nitrogens with one attached hydrogen (secondary N) is 1. The third-order valence-corrected chi connectivity index (χ3v) is 4.36. The molecule has 0 saturated heterocycles. The average molecular weight is 400 g/mol. The van der Waals surface area contributed by atoms with Gasteiger partial charge in [-0.15, -0.1) is 11.3 Å². The maximum atomic E-state index is 12.1. The second-order valence-corrected chi connectivity index (χ2v) is 7.17. The number of hydrogen-bond donors (Lipinski definition) is 2. The normalized spacial score (nSPS) is 10.3. The molecule has 2 aromatic rings. The summed E-state index contributed by atoms with van der Waals surface area (Å²) in [5.41, 5.74) is 5.48. The van der Waals surface area contributed by atoms with E-state index in [-0.39, 0.29) is 24.9 Å². The van der Waals surface area contributed by atoms with Crippen molar-refractivity contribution < 1.29 is 14.4 Å². The number of rotatable bonds is 6. The number of likely N-dealkylation sites (N-methyl/N-ethyl adjacent to an activating group) is 1. The van der Waals surface area contributed by atoms with E-state index in [2.05, 4.69) is 26.3 Å². The monoisotopic (exact) mass is 399 g/mol. The first-order valence-electron chi connectivity index (χ1n) is 6.46. The van der Waals surface area contributed by atoms with Crippen LogP contribution in [0.4, 0.5) is 5.69 Å². The number of primary amides is 1. The third-order valence-electron chi connectivity index (χ3n) is 2.75. The highest BCUT2D eigenvalue weighted by Crippen LogP contribution is 2.23. The number of carbonyl (C=O) groups is 3. The van der Waals surface area contributed by atoms with Gasteiger partial charge in [0.15, 0.2) is 0 Å². The smallest absolute Gasteiger partial charge is 0.264 e. The van der Waals surface area contributed by atoms with Gasteiger partial charge in [-0.25, -0.2) is 0 Å². The van der Waals surface area contributed by atoms with Crippen LogP contribution in [0, 0.1) is 0 Å². The van der Waals surface area contributed by atoms with E-state index >= 15 is 0 Å². The molecule has 0 aromatic carbocycles. The van der Waals surface area contributed by atoms with Gasteiger partial charge in [0.25, 0.3) is 5.91 Å². The Bertz CT molecular complexity index is 742. The van der Waals surface area contributed by atoms with E-state index < -0.39 is 5.91 Å². The quantitative estimate of drug-likeness (QED) is 0.751. The molecular formula is C13H14BrN5O3S. The van der Waals surface area contributed by atoms with Crippen LogP contribution in [0.15, 0.2) is 28.3 Å². The Hall–Kier alpha value is -2.20. The van der Waals surface area contributed by atoms with Crippen molar-refractivity contribution in [1.82, 2.24) is 14.7 Å². The molecule has 0 fully saturated rings. The molecule has 10 heteroatoms. The summed E-state index contributed by atoms with van der Waals surface area (Å²) < 4.78 is 2.16. The number of halogens is 1. The van der Waals surface area contributed by atoms with Crippen molar-refractivity contribution in [2.24, 2.45) is 5.73 Å². The van der Waals surface area contributed by atoms with Crippen molar-refractivity contribution in [3.05, 3.63) is 33.2 Å². The lowest BCUT2D eigenvalue weighted by Gasteiger charge is -2.15.